The molecule has 162 valence electrons. The van der Waals surface area contributed by atoms with E-state index in [0.29, 0.717) is 0 Å². The SMILES string of the molecule is CO[C@H]1C(O)[C@@H]([n+]2cn(C)c3c(=O)[nH]c(N)nc32)O[C@H]1COP(=O)(O)n1ccnc1. The molecule has 1 saturated heterocycles. The van der Waals surface area contributed by atoms with Gasteiger partial charge in [0, 0.05) is 19.5 Å². The van der Waals surface area contributed by atoms with Crippen molar-refractivity contribution in [1.82, 2.24) is 23.9 Å². The van der Waals surface area contributed by atoms with E-state index in [4.69, 9.17) is 19.7 Å². The second-order valence-corrected chi connectivity index (χ2v) is 8.44. The molecule has 0 saturated carbocycles. The number of H-pyrrole nitrogens is 1. The lowest BCUT2D eigenvalue weighted by Crippen LogP contribution is -2.46. The summed E-state index contributed by atoms with van der Waals surface area (Å²) in [5.74, 6) is -0.0929. The second kappa shape index (κ2) is 7.58. The van der Waals surface area contributed by atoms with Crippen LogP contribution in [0.25, 0.3) is 11.2 Å². The van der Waals surface area contributed by atoms with E-state index in [0.717, 1.165) is 10.7 Å². The van der Waals surface area contributed by atoms with Crippen LogP contribution in [0.3, 0.4) is 0 Å². The first kappa shape index (κ1) is 20.7. The minimum atomic E-state index is -4.19. The van der Waals surface area contributed by atoms with Gasteiger partial charge in [-0.15, -0.1) is 0 Å². The largest absolute Gasteiger partial charge is 0.437 e. The van der Waals surface area contributed by atoms with Gasteiger partial charge in [0.25, 0.3) is 11.5 Å². The quantitative estimate of drug-likeness (QED) is 0.253. The maximum Gasteiger partial charge on any atom is 0.437 e. The lowest BCUT2D eigenvalue weighted by atomic mass is 10.1. The molecule has 4 heterocycles. The molecular formula is C15H21N7O7P+. The number of methoxy groups -OCH3 is 1. The van der Waals surface area contributed by atoms with Crippen LogP contribution in [-0.2, 0) is 25.6 Å². The Hall–Kier alpha value is -2.61. The molecule has 3 aromatic heterocycles. The topological polar surface area (TPSA) is 184 Å². The minimum absolute atomic E-state index is 0.0929. The molecule has 5 atom stereocenters. The zero-order valence-corrected chi connectivity index (χ0v) is 16.9. The number of aliphatic hydroxyl groups excluding tert-OH is 1. The first-order valence-corrected chi connectivity index (χ1v) is 10.3. The Bertz CT molecular complexity index is 1160. The van der Waals surface area contributed by atoms with E-state index >= 15 is 0 Å². The summed E-state index contributed by atoms with van der Waals surface area (Å²) in [6.45, 7) is -0.348. The number of aromatic nitrogens is 6. The van der Waals surface area contributed by atoms with Crippen molar-refractivity contribution in [3.63, 3.8) is 0 Å². The summed E-state index contributed by atoms with van der Waals surface area (Å²) in [5.41, 5.74) is 5.64. The molecule has 0 aromatic carbocycles. The monoisotopic (exact) mass is 442 g/mol. The summed E-state index contributed by atoms with van der Waals surface area (Å²) in [6.07, 6.45) is 1.36. The molecule has 14 nitrogen and oxygen atoms in total. The van der Waals surface area contributed by atoms with Crippen molar-refractivity contribution >= 4 is 24.9 Å². The van der Waals surface area contributed by atoms with Crippen LogP contribution in [0.5, 0.6) is 0 Å². The molecule has 0 spiro atoms. The number of fused-ring (bicyclic) bond motifs is 1. The van der Waals surface area contributed by atoms with Crippen molar-refractivity contribution < 1.29 is 33.1 Å². The fourth-order valence-corrected chi connectivity index (χ4v) is 4.36. The van der Waals surface area contributed by atoms with Crippen LogP contribution in [0.1, 0.15) is 6.23 Å². The van der Waals surface area contributed by atoms with Gasteiger partial charge in [0.15, 0.2) is 6.33 Å². The van der Waals surface area contributed by atoms with Crippen LogP contribution in [0.2, 0.25) is 0 Å². The van der Waals surface area contributed by atoms with E-state index < -0.39 is 37.8 Å². The zero-order valence-electron chi connectivity index (χ0n) is 16.0. The summed E-state index contributed by atoms with van der Waals surface area (Å²) in [7, 11) is -1.19. The number of nitrogens with zero attached hydrogens (tertiary/aromatic N) is 5. The summed E-state index contributed by atoms with van der Waals surface area (Å²) in [4.78, 5) is 32.6. The third-order valence-electron chi connectivity index (χ3n) is 4.83. The molecular weight excluding hydrogens is 421 g/mol. The predicted molar refractivity (Wildman–Crippen MR) is 100 cm³/mol. The molecule has 30 heavy (non-hydrogen) atoms. The normalized spacial score (nSPS) is 26.3. The lowest BCUT2D eigenvalue weighted by Gasteiger charge is -2.19. The Labute approximate surface area is 169 Å². The number of aliphatic hydroxyl groups is 1. The van der Waals surface area contributed by atoms with Gasteiger partial charge in [0.05, 0.1) is 13.7 Å². The number of ether oxygens (including phenoxy) is 2. The van der Waals surface area contributed by atoms with Gasteiger partial charge in [-0.05, 0) is 0 Å². The Morgan fingerprint density at radius 2 is 2.27 bits per heavy atom. The van der Waals surface area contributed by atoms with Crippen LogP contribution in [0.15, 0.2) is 29.8 Å². The number of imidazole rings is 2. The molecule has 0 aliphatic carbocycles. The summed E-state index contributed by atoms with van der Waals surface area (Å²) in [5, 5.41) is 10.8. The van der Waals surface area contributed by atoms with E-state index in [-0.39, 0.29) is 23.7 Å². The van der Waals surface area contributed by atoms with Gasteiger partial charge in [-0.2, -0.15) is 0 Å². The van der Waals surface area contributed by atoms with Crippen LogP contribution >= 0.6 is 7.75 Å². The van der Waals surface area contributed by atoms with Gasteiger partial charge < -0.3 is 25.2 Å². The van der Waals surface area contributed by atoms with Gasteiger partial charge in [0.1, 0.15) is 24.6 Å². The maximum absolute atomic E-state index is 12.3. The van der Waals surface area contributed by atoms with Gasteiger partial charge in [-0.3, -0.25) is 18.9 Å². The predicted octanol–water partition coefficient (Wildman–Crippen LogP) is -1.73. The first-order valence-electron chi connectivity index (χ1n) is 8.81. The zero-order chi connectivity index (χ0) is 21.6. The molecule has 1 aliphatic rings. The molecule has 2 unspecified atom stereocenters. The number of nitrogen functional groups attached to an aromatic ring is 1. The van der Waals surface area contributed by atoms with E-state index in [9.17, 15) is 19.4 Å². The standard InChI is InChI=1S/C15H20N7O7P/c1-20-7-22(12-9(20)13(24)19-15(16)18-12)14-10(23)11(27-2)8(29-14)5-28-30(25,26)21-4-3-17-6-21/h3-4,6-8,10-11,14,23H,5H2,1-2H3,(H3-,16,18,19,24,25,26)/p+1/t8-,10?,11+,14-/m0/s1. The van der Waals surface area contributed by atoms with Crippen molar-refractivity contribution in [2.24, 2.45) is 7.05 Å². The fourth-order valence-electron chi connectivity index (χ4n) is 3.47. The van der Waals surface area contributed by atoms with E-state index in [2.05, 4.69) is 15.0 Å². The summed E-state index contributed by atoms with van der Waals surface area (Å²) < 4.78 is 32.6. The van der Waals surface area contributed by atoms with Crippen molar-refractivity contribution in [3.05, 3.63) is 35.4 Å². The molecule has 15 heteroatoms. The van der Waals surface area contributed by atoms with Crippen LogP contribution in [0, 0.1) is 0 Å². The highest BCUT2D eigenvalue weighted by Crippen LogP contribution is 2.44. The second-order valence-electron chi connectivity index (χ2n) is 6.74. The van der Waals surface area contributed by atoms with Gasteiger partial charge >= 0.3 is 13.4 Å². The van der Waals surface area contributed by atoms with E-state index in [1.165, 1.54) is 35.0 Å². The highest BCUT2D eigenvalue weighted by molar-refractivity contribution is 7.51. The number of anilines is 1. The molecule has 0 amide bonds. The Kier molecular flexibility index (Phi) is 5.22. The molecule has 1 fully saturated rings. The van der Waals surface area contributed by atoms with Crippen molar-refractivity contribution in [2.45, 2.75) is 24.5 Å². The Morgan fingerprint density at radius 3 is 2.93 bits per heavy atom. The molecule has 3 aromatic rings. The van der Waals surface area contributed by atoms with E-state index in [1.54, 1.807) is 7.05 Å². The van der Waals surface area contributed by atoms with Crippen molar-refractivity contribution in [1.29, 1.82) is 0 Å². The Balaban J connectivity index is 1.62. The highest BCUT2D eigenvalue weighted by atomic mass is 31.2. The van der Waals surface area contributed by atoms with E-state index in [1.807, 2.05) is 0 Å². The third kappa shape index (κ3) is 3.43. The molecule has 5 N–H and O–H groups in total. The van der Waals surface area contributed by atoms with Gasteiger partial charge in [-0.25, -0.2) is 18.5 Å². The molecule has 0 radical (unpaired) electrons. The number of rotatable bonds is 6. The number of nitrogens with one attached hydrogen (secondary N) is 1. The van der Waals surface area contributed by atoms with Gasteiger partial charge in [-0.1, -0.05) is 4.98 Å². The van der Waals surface area contributed by atoms with Crippen molar-refractivity contribution in [3.8, 4) is 0 Å². The number of aromatic amines is 1. The number of hydrogen-bond donors (Lipinski definition) is 4. The third-order valence-corrected chi connectivity index (χ3v) is 6.14. The molecule has 1 aliphatic heterocycles. The first-order chi connectivity index (χ1) is 14.2. The smallest absolute Gasteiger partial charge is 0.384 e. The number of nitrogens with two attached hydrogens (primary N) is 1. The lowest BCUT2D eigenvalue weighted by molar-refractivity contribution is -0.745. The average molecular weight is 442 g/mol. The number of aryl methyl sites for hydroxylation is 1. The van der Waals surface area contributed by atoms with Gasteiger partial charge in [0.2, 0.25) is 11.7 Å². The van der Waals surface area contributed by atoms with Crippen LogP contribution in [0.4, 0.5) is 5.95 Å². The van der Waals surface area contributed by atoms with Crippen molar-refractivity contribution in [2.75, 3.05) is 19.5 Å². The van der Waals surface area contributed by atoms with Crippen LogP contribution in [-0.4, -0.2) is 65.9 Å². The maximum atomic E-state index is 12.3. The average Bonchev–Trinajstić information content (AvgIpc) is 3.39. The fraction of sp³-hybridized carbons (Fsp3) is 0.467. The summed E-state index contributed by atoms with van der Waals surface area (Å²) in [6, 6.07) is 0. The highest BCUT2D eigenvalue weighted by Gasteiger charge is 2.48. The number of hydrogen-bond acceptors (Lipinski definition) is 9. The molecule has 0 bridgehead atoms. The summed E-state index contributed by atoms with van der Waals surface area (Å²) >= 11 is 0. The minimum Gasteiger partial charge on any atom is -0.384 e. The Morgan fingerprint density at radius 1 is 1.50 bits per heavy atom. The van der Waals surface area contributed by atoms with Crippen LogP contribution < -0.4 is 15.9 Å². The molecule has 4 rings (SSSR count).